The summed E-state index contributed by atoms with van der Waals surface area (Å²) >= 11 is 0. The SMILES string of the molecule is C=C(CN(C)CCN(C)CC#Cc1cc2c(Oc3ccc(NC(=O)NC(=O)Cc4ccc(F)cc4)cc3F)ccnc2[nH]1)S(=O)(=O)C(C)(C)C. The van der Waals surface area contributed by atoms with E-state index in [1.807, 2.05) is 23.9 Å². The van der Waals surface area contributed by atoms with Gasteiger partial charge in [-0.25, -0.2) is 27.0 Å². The average molecular weight is 707 g/mol. The molecule has 3 amide bonds. The standard InChI is InChI=1S/C36H40F2N6O5S/c1-24(50(47,48)36(2,3)4)23-44(6)19-18-43(5)17-7-8-27-21-29-31(15-16-39-34(29)40-27)49-32-14-13-28(22-30(32)38)41-35(46)42-33(45)20-25-9-11-26(37)12-10-25/h9-16,21-22H,1,17-20,23H2,2-6H3,(H,39,40)(H2,41,42,45,46). The maximum atomic E-state index is 15.0. The number of pyridine rings is 1. The number of fused-ring (bicyclic) bond motifs is 1. The molecule has 4 rings (SSSR count). The smallest absolute Gasteiger partial charge is 0.325 e. The number of imide groups is 1. The second-order valence-electron chi connectivity index (χ2n) is 12.7. The first-order valence-electron chi connectivity index (χ1n) is 15.6. The summed E-state index contributed by atoms with van der Waals surface area (Å²) in [4.78, 5) is 36.0. The molecule has 2 heterocycles. The Balaban J connectivity index is 1.30. The molecule has 0 radical (unpaired) electrons. The van der Waals surface area contributed by atoms with E-state index in [0.717, 1.165) is 6.07 Å². The highest BCUT2D eigenvalue weighted by molar-refractivity contribution is 7.96. The number of carbonyl (C=O) groups excluding carboxylic acids is 2. The number of ether oxygens (including phenoxy) is 1. The zero-order chi connectivity index (χ0) is 36.6. The highest BCUT2D eigenvalue weighted by Crippen LogP contribution is 2.32. The Morgan fingerprint density at radius 1 is 1.00 bits per heavy atom. The van der Waals surface area contributed by atoms with E-state index >= 15 is 4.39 Å². The number of halogens is 2. The number of anilines is 1. The normalized spacial score (nSPS) is 11.7. The van der Waals surface area contributed by atoms with Crippen LogP contribution in [0.3, 0.4) is 0 Å². The van der Waals surface area contributed by atoms with Crippen LogP contribution in [0.4, 0.5) is 19.3 Å². The minimum atomic E-state index is -3.45. The van der Waals surface area contributed by atoms with Crippen molar-refractivity contribution < 1.29 is 31.5 Å². The average Bonchev–Trinajstić information content (AvgIpc) is 3.45. The number of H-pyrrole nitrogens is 1. The molecule has 2 aromatic carbocycles. The van der Waals surface area contributed by atoms with Gasteiger partial charge in [0.25, 0.3) is 0 Å². The number of rotatable bonds is 12. The van der Waals surface area contributed by atoms with Gasteiger partial charge in [-0.3, -0.25) is 15.0 Å². The number of urea groups is 1. The molecular formula is C36H40F2N6O5S. The quantitative estimate of drug-likeness (QED) is 0.165. The molecule has 0 aliphatic heterocycles. The number of nitrogens with one attached hydrogen (secondary N) is 3. The van der Waals surface area contributed by atoms with E-state index in [9.17, 15) is 22.4 Å². The van der Waals surface area contributed by atoms with Gasteiger partial charge >= 0.3 is 6.03 Å². The van der Waals surface area contributed by atoms with Gasteiger partial charge in [-0.2, -0.15) is 0 Å². The molecule has 264 valence electrons. The first-order valence-corrected chi connectivity index (χ1v) is 17.1. The lowest BCUT2D eigenvalue weighted by molar-refractivity contribution is -0.119. The predicted octanol–water partition coefficient (Wildman–Crippen LogP) is 5.47. The van der Waals surface area contributed by atoms with Crippen LogP contribution in [0, 0.1) is 23.5 Å². The summed E-state index contributed by atoms with van der Waals surface area (Å²) < 4.78 is 58.2. The fourth-order valence-electron chi connectivity index (χ4n) is 4.65. The van der Waals surface area contributed by atoms with Crippen molar-refractivity contribution in [2.24, 2.45) is 0 Å². The molecular weight excluding hydrogens is 666 g/mol. The molecule has 50 heavy (non-hydrogen) atoms. The number of aromatic nitrogens is 2. The number of hydrogen-bond acceptors (Lipinski definition) is 8. The summed E-state index contributed by atoms with van der Waals surface area (Å²) in [7, 11) is 0.316. The number of amides is 3. The van der Waals surface area contributed by atoms with Gasteiger partial charge in [-0.05, 0) is 82.7 Å². The summed E-state index contributed by atoms with van der Waals surface area (Å²) in [6.45, 7) is 10.7. The molecule has 4 aromatic rings. The number of benzene rings is 2. The van der Waals surface area contributed by atoms with Crippen molar-refractivity contribution in [1.29, 1.82) is 0 Å². The molecule has 0 saturated heterocycles. The minimum Gasteiger partial charge on any atom is -0.453 e. The van der Waals surface area contributed by atoms with E-state index in [2.05, 4.69) is 39.0 Å². The van der Waals surface area contributed by atoms with E-state index in [-0.39, 0.29) is 29.3 Å². The summed E-state index contributed by atoms with van der Waals surface area (Å²) in [5, 5.41) is 5.13. The third-order valence-electron chi connectivity index (χ3n) is 7.50. The Kier molecular flexibility index (Phi) is 12.1. The van der Waals surface area contributed by atoms with Crippen molar-refractivity contribution in [3.05, 3.63) is 95.2 Å². The van der Waals surface area contributed by atoms with Crippen LogP contribution in [-0.4, -0.2) is 85.1 Å². The molecule has 0 fully saturated rings. The van der Waals surface area contributed by atoms with E-state index in [4.69, 9.17) is 4.74 Å². The monoisotopic (exact) mass is 706 g/mol. The molecule has 0 bridgehead atoms. The lowest BCUT2D eigenvalue weighted by Crippen LogP contribution is -2.36. The Bertz CT molecular complexity index is 2050. The van der Waals surface area contributed by atoms with Crippen molar-refractivity contribution in [2.75, 3.05) is 45.6 Å². The van der Waals surface area contributed by atoms with E-state index in [1.54, 1.807) is 32.9 Å². The molecule has 0 saturated carbocycles. The fourth-order valence-corrected chi connectivity index (χ4v) is 5.90. The number of sulfone groups is 1. The van der Waals surface area contributed by atoms with Crippen LogP contribution >= 0.6 is 0 Å². The van der Waals surface area contributed by atoms with Crippen LogP contribution in [0.25, 0.3) is 11.0 Å². The molecule has 14 heteroatoms. The molecule has 2 aromatic heterocycles. The van der Waals surface area contributed by atoms with E-state index in [0.29, 0.717) is 47.7 Å². The predicted molar refractivity (Wildman–Crippen MR) is 190 cm³/mol. The van der Waals surface area contributed by atoms with Crippen LogP contribution in [0.2, 0.25) is 0 Å². The number of nitrogens with zero attached hydrogens (tertiary/aromatic N) is 3. The summed E-state index contributed by atoms with van der Waals surface area (Å²) in [5.74, 6) is 4.60. The molecule has 0 unspecified atom stereocenters. The second-order valence-corrected chi connectivity index (χ2v) is 15.5. The number of aromatic amines is 1. The van der Waals surface area contributed by atoms with Gasteiger partial charge < -0.3 is 19.9 Å². The van der Waals surface area contributed by atoms with Crippen LogP contribution in [0.1, 0.15) is 32.0 Å². The largest absolute Gasteiger partial charge is 0.453 e. The summed E-state index contributed by atoms with van der Waals surface area (Å²) in [5.41, 5.74) is 1.69. The number of likely N-dealkylation sites (N-methyl/N-ethyl adjacent to an activating group) is 2. The van der Waals surface area contributed by atoms with Gasteiger partial charge in [0.2, 0.25) is 5.91 Å². The molecule has 3 N–H and O–H groups in total. The maximum absolute atomic E-state index is 15.0. The van der Waals surface area contributed by atoms with Crippen molar-refractivity contribution in [3.8, 4) is 23.3 Å². The van der Waals surface area contributed by atoms with Gasteiger partial charge in [0.05, 0.1) is 33.7 Å². The molecule has 0 spiro atoms. The summed E-state index contributed by atoms with van der Waals surface area (Å²) in [6, 6.07) is 11.6. The highest BCUT2D eigenvalue weighted by atomic mass is 32.2. The molecule has 11 nitrogen and oxygen atoms in total. The van der Waals surface area contributed by atoms with Crippen molar-refractivity contribution in [2.45, 2.75) is 31.9 Å². The first kappa shape index (κ1) is 37.7. The minimum absolute atomic E-state index is 0.0940. The fraction of sp³-hybridized carbons (Fsp3) is 0.306. The summed E-state index contributed by atoms with van der Waals surface area (Å²) in [6.07, 6.45) is 1.38. The third-order valence-corrected chi connectivity index (χ3v) is 10.0. The lowest BCUT2D eigenvalue weighted by Gasteiger charge is -2.25. The Hall–Kier alpha value is -5.10. The van der Waals surface area contributed by atoms with Crippen molar-refractivity contribution in [3.63, 3.8) is 0 Å². The van der Waals surface area contributed by atoms with E-state index < -0.39 is 38.2 Å². The van der Waals surface area contributed by atoms with Crippen LogP contribution in [0.15, 0.2) is 72.3 Å². The van der Waals surface area contributed by atoms with Gasteiger partial charge in [-0.15, -0.1) is 0 Å². The van der Waals surface area contributed by atoms with E-state index in [1.165, 1.54) is 42.6 Å². The molecule has 0 aliphatic rings. The zero-order valence-electron chi connectivity index (χ0n) is 28.6. The van der Waals surface area contributed by atoms with Gasteiger partial charge in [0.15, 0.2) is 21.4 Å². The Morgan fingerprint density at radius 3 is 2.38 bits per heavy atom. The zero-order valence-corrected chi connectivity index (χ0v) is 29.4. The Labute approximate surface area is 290 Å². The second kappa shape index (κ2) is 16.1. The van der Waals surface area contributed by atoms with Gasteiger partial charge in [0, 0.05) is 37.6 Å². The lowest BCUT2D eigenvalue weighted by atomic mass is 10.1. The van der Waals surface area contributed by atoms with Crippen LogP contribution in [-0.2, 0) is 21.1 Å². The van der Waals surface area contributed by atoms with Crippen LogP contribution < -0.4 is 15.4 Å². The van der Waals surface area contributed by atoms with Crippen molar-refractivity contribution >= 4 is 38.5 Å². The Morgan fingerprint density at radius 2 is 1.70 bits per heavy atom. The molecule has 0 aliphatic carbocycles. The number of hydrogen-bond donors (Lipinski definition) is 3. The van der Waals surface area contributed by atoms with Crippen molar-refractivity contribution in [1.82, 2.24) is 25.1 Å². The molecule has 0 atom stereocenters. The van der Waals surface area contributed by atoms with Gasteiger partial charge in [0.1, 0.15) is 17.2 Å². The number of carbonyl (C=O) groups is 2. The highest BCUT2D eigenvalue weighted by Gasteiger charge is 2.32. The topological polar surface area (TPSA) is 137 Å². The van der Waals surface area contributed by atoms with Gasteiger partial charge in [-0.1, -0.05) is 24.6 Å². The third kappa shape index (κ3) is 10.2. The maximum Gasteiger partial charge on any atom is 0.325 e. The first-order chi connectivity index (χ1) is 23.5. The van der Waals surface area contributed by atoms with Crippen LogP contribution in [0.5, 0.6) is 11.5 Å².